The normalized spacial score (nSPS) is 10.9. The number of likely N-dealkylation sites (N-methyl/N-ethyl adjacent to an activating group) is 1. The molecule has 0 aliphatic heterocycles. The standard InChI is InChI=1S/C27H38N2O4/c1-19(2)25-21(12-14-28)18-22(26(32-6)27(25)33-7)9-8-15-29(3)16-13-20-10-11-23(30-4)24(17-20)31-5/h10-11,17-19H,8-9,12-13,15-16H2,1-7H3. The Kier molecular flexibility index (Phi) is 10.3. The van der Waals surface area contributed by atoms with E-state index in [-0.39, 0.29) is 5.92 Å². The predicted molar refractivity (Wildman–Crippen MR) is 132 cm³/mol. The SMILES string of the molecule is COc1ccc(CCN(C)CCCc2cc(CC#N)c(C(C)C)c(OC)c2OC)cc1OC. The van der Waals surface area contributed by atoms with Crippen molar-refractivity contribution in [1.29, 1.82) is 5.26 Å². The molecule has 33 heavy (non-hydrogen) atoms. The fourth-order valence-corrected chi connectivity index (χ4v) is 4.25. The molecule has 2 aromatic rings. The van der Waals surface area contributed by atoms with Crippen molar-refractivity contribution in [3.05, 3.63) is 46.5 Å². The molecular weight excluding hydrogens is 416 g/mol. The Morgan fingerprint density at radius 3 is 2.12 bits per heavy atom. The summed E-state index contributed by atoms with van der Waals surface area (Å²) in [5.74, 6) is 3.30. The average Bonchev–Trinajstić information content (AvgIpc) is 2.81. The summed E-state index contributed by atoms with van der Waals surface area (Å²) in [5, 5.41) is 9.33. The van der Waals surface area contributed by atoms with E-state index in [9.17, 15) is 5.26 Å². The van der Waals surface area contributed by atoms with Gasteiger partial charge in [-0.1, -0.05) is 26.0 Å². The van der Waals surface area contributed by atoms with Gasteiger partial charge in [0, 0.05) is 12.1 Å². The highest BCUT2D eigenvalue weighted by Gasteiger charge is 2.21. The van der Waals surface area contributed by atoms with Gasteiger partial charge in [0.25, 0.3) is 0 Å². The summed E-state index contributed by atoms with van der Waals surface area (Å²) in [6.45, 7) is 6.14. The van der Waals surface area contributed by atoms with Gasteiger partial charge in [-0.2, -0.15) is 5.26 Å². The average molecular weight is 455 g/mol. The topological polar surface area (TPSA) is 64.0 Å². The third-order valence-electron chi connectivity index (χ3n) is 5.91. The molecule has 0 spiro atoms. The van der Waals surface area contributed by atoms with Crippen molar-refractivity contribution in [3.63, 3.8) is 0 Å². The summed E-state index contributed by atoms with van der Waals surface area (Å²) < 4.78 is 22.2. The molecule has 0 atom stereocenters. The van der Waals surface area contributed by atoms with E-state index in [1.165, 1.54) is 5.56 Å². The number of ether oxygens (including phenoxy) is 4. The zero-order valence-electron chi connectivity index (χ0n) is 21.2. The van der Waals surface area contributed by atoms with E-state index in [0.29, 0.717) is 6.42 Å². The maximum Gasteiger partial charge on any atom is 0.164 e. The zero-order chi connectivity index (χ0) is 24.4. The molecule has 2 aromatic carbocycles. The van der Waals surface area contributed by atoms with Crippen molar-refractivity contribution in [2.75, 3.05) is 48.6 Å². The fraction of sp³-hybridized carbons (Fsp3) is 0.519. The molecule has 0 heterocycles. The first-order chi connectivity index (χ1) is 15.9. The highest BCUT2D eigenvalue weighted by molar-refractivity contribution is 5.57. The Morgan fingerprint density at radius 1 is 0.848 bits per heavy atom. The molecule has 0 saturated heterocycles. The summed E-state index contributed by atoms with van der Waals surface area (Å²) in [7, 11) is 8.81. The zero-order valence-corrected chi connectivity index (χ0v) is 21.2. The third kappa shape index (κ3) is 6.79. The van der Waals surface area contributed by atoms with Crippen LogP contribution in [0.3, 0.4) is 0 Å². The fourth-order valence-electron chi connectivity index (χ4n) is 4.25. The Bertz CT molecular complexity index is 950. The summed E-state index contributed by atoms with van der Waals surface area (Å²) in [6, 6.07) is 10.5. The minimum Gasteiger partial charge on any atom is -0.493 e. The molecule has 0 fully saturated rings. The van der Waals surface area contributed by atoms with Crippen molar-refractivity contribution >= 4 is 0 Å². The Balaban J connectivity index is 2.04. The molecule has 0 saturated carbocycles. The van der Waals surface area contributed by atoms with Crippen LogP contribution >= 0.6 is 0 Å². The van der Waals surface area contributed by atoms with Gasteiger partial charge in [-0.15, -0.1) is 0 Å². The molecule has 2 rings (SSSR count). The van der Waals surface area contributed by atoms with E-state index >= 15 is 0 Å². The molecular formula is C27H38N2O4. The second-order valence-corrected chi connectivity index (χ2v) is 8.51. The molecule has 180 valence electrons. The molecule has 0 bridgehead atoms. The van der Waals surface area contributed by atoms with Gasteiger partial charge in [0.1, 0.15) is 0 Å². The van der Waals surface area contributed by atoms with Crippen LogP contribution in [-0.4, -0.2) is 53.5 Å². The van der Waals surface area contributed by atoms with Crippen LogP contribution in [0, 0.1) is 11.3 Å². The van der Waals surface area contributed by atoms with E-state index in [1.54, 1.807) is 28.4 Å². The summed E-state index contributed by atoms with van der Waals surface area (Å²) >= 11 is 0. The van der Waals surface area contributed by atoms with Crippen molar-refractivity contribution in [3.8, 4) is 29.1 Å². The lowest BCUT2D eigenvalue weighted by Gasteiger charge is -2.22. The molecule has 0 aliphatic carbocycles. The first kappa shape index (κ1) is 26.3. The Labute approximate surface area is 199 Å². The Morgan fingerprint density at radius 2 is 1.55 bits per heavy atom. The van der Waals surface area contributed by atoms with Crippen LogP contribution in [0.4, 0.5) is 0 Å². The molecule has 0 aliphatic rings. The van der Waals surface area contributed by atoms with E-state index < -0.39 is 0 Å². The smallest absolute Gasteiger partial charge is 0.164 e. The van der Waals surface area contributed by atoms with Crippen molar-refractivity contribution in [2.45, 2.75) is 45.4 Å². The predicted octanol–water partition coefficient (Wildman–Crippen LogP) is 5.02. The molecule has 0 N–H and O–H groups in total. The van der Waals surface area contributed by atoms with Crippen LogP contribution in [0.5, 0.6) is 23.0 Å². The first-order valence-electron chi connectivity index (χ1n) is 11.4. The van der Waals surface area contributed by atoms with Gasteiger partial charge in [0.05, 0.1) is 40.9 Å². The minimum absolute atomic E-state index is 0.244. The number of nitrogens with zero attached hydrogens (tertiary/aromatic N) is 2. The first-order valence-corrected chi connectivity index (χ1v) is 11.4. The van der Waals surface area contributed by atoms with Crippen LogP contribution < -0.4 is 18.9 Å². The summed E-state index contributed by atoms with van der Waals surface area (Å²) in [6.07, 6.45) is 3.14. The minimum atomic E-state index is 0.244. The van der Waals surface area contributed by atoms with Crippen LogP contribution in [-0.2, 0) is 19.3 Å². The summed E-state index contributed by atoms with van der Waals surface area (Å²) in [5.41, 5.74) is 4.40. The molecule has 0 radical (unpaired) electrons. The van der Waals surface area contributed by atoms with Gasteiger partial charge in [-0.3, -0.25) is 0 Å². The second kappa shape index (κ2) is 13.0. The van der Waals surface area contributed by atoms with Crippen LogP contribution in [0.1, 0.15) is 48.4 Å². The lowest BCUT2D eigenvalue weighted by atomic mass is 9.90. The quantitative estimate of drug-likeness (QED) is 0.424. The van der Waals surface area contributed by atoms with Crippen LogP contribution in [0.15, 0.2) is 24.3 Å². The number of aryl methyl sites for hydroxylation is 1. The van der Waals surface area contributed by atoms with E-state index in [0.717, 1.165) is 72.0 Å². The number of hydrogen-bond donors (Lipinski definition) is 0. The third-order valence-corrected chi connectivity index (χ3v) is 5.91. The highest BCUT2D eigenvalue weighted by atomic mass is 16.5. The number of hydrogen-bond acceptors (Lipinski definition) is 6. The summed E-state index contributed by atoms with van der Waals surface area (Å²) in [4.78, 5) is 2.33. The van der Waals surface area contributed by atoms with Gasteiger partial charge < -0.3 is 23.8 Å². The lowest BCUT2D eigenvalue weighted by Crippen LogP contribution is -2.23. The molecule has 0 amide bonds. The van der Waals surface area contributed by atoms with Gasteiger partial charge in [-0.25, -0.2) is 0 Å². The number of benzene rings is 2. The van der Waals surface area contributed by atoms with Gasteiger partial charge in [-0.05, 0) is 67.6 Å². The van der Waals surface area contributed by atoms with Gasteiger partial charge >= 0.3 is 0 Å². The van der Waals surface area contributed by atoms with E-state index in [4.69, 9.17) is 18.9 Å². The van der Waals surface area contributed by atoms with E-state index in [1.807, 2.05) is 12.1 Å². The second-order valence-electron chi connectivity index (χ2n) is 8.51. The Hall–Kier alpha value is -2.91. The maximum atomic E-state index is 9.33. The number of nitriles is 1. The number of rotatable bonds is 13. The van der Waals surface area contributed by atoms with E-state index in [2.05, 4.69) is 44.0 Å². The molecule has 0 aromatic heterocycles. The highest BCUT2D eigenvalue weighted by Crippen LogP contribution is 2.41. The maximum absolute atomic E-state index is 9.33. The van der Waals surface area contributed by atoms with Crippen molar-refractivity contribution < 1.29 is 18.9 Å². The molecule has 6 nitrogen and oxygen atoms in total. The van der Waals surface area contributed by atoms with Crippen LogP contribution in [0.2, 0.25) is 0 Å². The van der Waals surface area contributed by atoms with Crippen LogP contribution in [0.25, 0.3) is 0 Å². The van der Waals surface area contributed by atoms with Gasteiger partial charge in [0.15, 0.2) is 23.0 Å². The van der Waals surface area contributed by atoms with Crippen molar-refractivity contribution in [2.24, 2.45) is 0 Å². The van der Waals surface area contributed by atoms with Gasteiger partial charge in [0.2, 0.25) is 0 Å². The monoisotopic (exact) mass is 454 g/mol. The number of methoxy groups -OCH3 is 4. The largest absolute Gasteiger partial charge is 0.493 e. The molecule has 6 heteroatoms. The molecule has 0 unspecified atom stereocenters. The lowest BCUT2D eigenvalue weighted by molar-refractivity contribution is 0.328. The van der Waals surface area contributed by atoms with Crippen molar-refractivity contribution in [1.82, 2.24) is 4.90 Å².